The lowest BCUT2D eigenvalue weighted by atomic mass is 10.2. The van der Waals surface area contributed by atoms with Crippen LogP contribution >= 0.6 is 34.4 Å². The minimum Gasteiger partial charge on any atom is -0.344 e. The van der Waals surface area contributed by atoms with Crippen LogP contribution in [0, 0.1) is 6.92 Å². The van der Waals surface area contributed by atoms with Gasteiger partial charge in [0.15, 0.2) is 16.1 Å². The molecule has 0 unspecified atom stereocenters. The molecule has 4 rings (SSSR count). The lowest BCUT2D eigenvalue weighted by Gasteiger charge is -2.07. The van der Waals surface area contributed by atoms with Gasteiger partial charge in [0.2, 0.25) is 5.91 Å². The van der Waals surface area contributed by atoms with Crippen LogP contribution in [0.1, 0.15) is 15.4 Å². The second kappa shape index (κ2) is 8.77. The third kappa shape index (κ3) is 4.34. The molecule has 0 saturated carbocycles. The smallest absolute Gasteiger partial charge is 0.265 e. The second-order valence-electron chi connectivity index (χ2n) is 6.98. The topological polar surface area (TPSA) is 93.0 Å². The Morgan fingerprint density at radius 2 is 2.00 bits per heavy atom. The number of anilines is 1. The molecule has 0 aliphatic rings. The third-order valence-corrected chi connectivity index (χ3v) is 7.58. The summed E-state index contributed by atoms with van der Waals surface area (Å²) in [5.41, 5.74) is 1.64. The number of thiophene rings is 1. The molecular weight excluding hydrogens is 452 g/mol. The number of nitrogens with one attached hydrogen (secondary N) is 1. The van der Waals surface area contributed by atoms with Crippen LogP contribution in [-0.2, 0) is 11.8 Å². The molecule has 4 aromatic rings. The molecule has 2 amide bonds. The number of aryl methyl sites for hydroxylation is 1. The molecular formula is C20H20N6O2S3. The van der Waals surface area contributed by atoms with Gasteiger partial charge in [-0.25, -0.2) is 4.98 Å². The van der Waals surface area contributed by atoms with Gasteiger partial charge in [0.05, 0.1) is 11.4 Å². The first-order valence-corrected chi connectivity index (χ1v) is 12.0. The van der Waals surface area contributed by atoms with E-state index in [0.717, 1.165) is 16.8 Å². The highest BCUT2D eigenvalue weighted by Crippen LogP contribution is 2.34. The van der Waals surface area contributed by atoms with E-state index in [-0.39, 0.29) is 17.6 Å². The lowest BCUT2D eigenvalue weighted by Crippen LogP contribution is -2.21. The number of aromatic nitrogens is 4. The van der Waals surface area contributed by atoms with E-state index in [9.17, 15) is 9.59 Å². The number of carbonyl (C=O) groups excluding carboxylic acids is 2. The van der Waals surface area contributed by atoms with E-state index in [0.29, 0.717) is 20.9 Å². The van der Waals surface area contributed by atoms with E-state index >= 15 is 0 Å². The normalized spacial score (nSPS) is 11.1. The van der Waals surface area contributed by atoms with Crippen molar-refractivity contribution in [1.29, 1.82) is 0 Å². The Labute approximate surface area is 191 Å². The van der Waals surface area contributed by atoms with Crippen molar-refractivity contribution in [1.82, 2.24) is 24.6 Å². The van der Waals surface area contributed by atoms with Crippen molar-refractivity contribution >= 4 is 61.5 Å². The lowest BCUT2D eigenvalue weighted by molar-refractivity contribution is -0.113. The number of nitrogens with zero attached hydrogens (tertiary/aromatic N) is 5. The van der Waals surface area contributed by atoms with Crippen molar-refractivity contribution in [2.75, 3.05) is 25.2 Å². The maximum absolute atomic E-state index is 12.4. The van der Waals surface area contributed by atoms with Crippen LogP contribution in [-0.4, -0.2) is 56.3 Å². The van der Waals surface area contributed by atoms with Crippen molar-refractivity contribution < 1.29 is 9.59 Å². The SMILES string of the molecule is Cc1nc(NC(=O)CSc2nnc(-c3csc4ccccc34)n2C)sc1C(=O)N(C)C. The predicted molar refractivity (Wildman–Crippen MR) is 126 cm³/mol. The van der Waals surface area contributed by atoms with Gasteiger partial charge < -0.3 is 14.8 Å². The Bertz CT molecular complexity index is 1270. The van der Waals surface area contributed by atoms with Crippen LogP contribution in [0.4, 0.5) is 5.13 Å². The van der Waals surface area contributed by atoms with Crippen LogP contribution in [0.25, 0.3) is 21.5 Å². The highest BCUT2D eigenvalue weighted by atomic mass is 32.2. The summed E-state index contributed by atoms with van der Waals surface area (Å²) in [6, 6.07) is 8.17. The summed E-state index contributed by atoms with van der Waals surface area (Å²) in [4.78, 5) is 30.9. The summed E-state index contributed by atoms with van der Waals surface area (Å²) in [6.45, 7) is 1.76. The van der Waals surface area contributed by atoms with Crippen LogP contribution in [0.2, 0.25) is 0 Å². The van der Waals surface area contributed by atoms with Crippen molar-refractivity contribution in [3.63, 3.8) is 0 Å². The summed E-state index contributed by atoms with van der Waals surface area (Å²) in [5.74, 6) is 0.583. The molecule has 0 aliphatic carbocycles. The molecule has 0 aliphatic heterocycles. The predicted octanol–water partition coefficient (Wildman–Crippen LogP) is 3.89. The summed E-state index contributed by atoms with van der Waals surface area (Å²) >= 11 is 4.15. The molecule has 0 saturated heterocycles. The standard InChI is InChI=1S/C20H20N6O2S3/c1-11-16(18(28)25(2)3)31-19(21-11)22-15(27)10-30-20-24-23-17(26(20)4)13-9-29-14-8-6-5-7-12(13)14/h5-9H,10H2,1-4H3,(H,21,22,27). The molecule has 3 heterocycles. The Kier molecular flexibility index (Phi) is 6.08. The second-order valence-corrected chi connectivity index (χ2v) is 9.83. The number of thioether (sulfide) groups is 1. The first-order valence-electron chi connectivity index (χ1n) is 9.33. The van der Waals surface area contributed by atoms with Gasteiger partial charge >= 0.3 is 0 Å². The average Bonchev–Trinajstić information content (AvgIpc) is 3.42. The molecule has 11 heteroatoms. The van der Waals surface area contributed by atoms with Gasteiger partial charge in [-0.15, -0.1) is 21.5 Å². The van der Waals surface area contributed by atoms with E-state index in [1.54, 1.807) is 32.4 Å². The van der Waals surface area contributed by atoms with E-state index in [1.807, 2.05) is 23.7 Å². The molecule has 3 aromatic heterocycles. The molecule has 1 aromatic carbocycles. The Hall–Kier alpha value is -2.76. The minimum absolute atomic E-state index is 0.127. The molecule has 160 valence electrons. The Balaban J connectivity index is 1.43. The maximum Gasteiger partial charge on any atom is 0.265 e. The maximum atomic E-state index is 12.4. The number of amides is 2. The molecule has 0 spiro atoms. The number of rotatable bonds is 6. The van der Waals surface area contributed by atoms with Gasteiger partial charge in [0.25, 0.3) is 5.91 Å². The Morgan fingerprint density at radius 3 is 2.77 bits per heavy atom. The zero-order valence-electron chi connectivity index (χ0n) is 17.4. The van der Waals surface area contributed by atoms with Gasteiger partial charge in [-0.05, 0) is 13.0 Å². The molecule has 8 nitrogen and oxygen atoms in total. The van der Waals surface area contributed by atoms with Crippen LogP contribution < -0.4 is 5.32 Å². The van der Waals surface area contributed by atoms with Crippen molar-refractivity contribution in [3.8, 4) is 11.4 Å². The van der Waals surface area contributed by atoms with Crippen LogP contribution in [0.3, 0.4) is 0 Å². The highest BCUT2D eigenvalue weighted by Gasteiger charge is 2.19. The fraction of sp³-hybridized carbons (Fsp3) is 0.250. The number of thiazole rings is 1. The summed E-state index contributed by atoms with van der Waals surface area (Å²) in [7, 11) is 5.26. The van der Waals surface area contributed by atoms with Crippen LogP contribution in [0.5, 0.6) is 0 Å². The van der Waals surface area contributed by atoms with Gasteiger partial charge in [-0.3, -0.25) is 9.59 Å². The first kappa shape index (κ1) is 21.5. The van der Waals surface area contributed by atoms with Crippen molar-refractivity contribution in [3.05, 3.63) is 40.2 Å². The van der Waals surface area contributed by atoms with Gasteiger partial charge in [-0.2, -0.15) is 0 Å². The molecule has 1 N–H and O–H groups in total. The fourth-order valence-electron chi connectivity index (χ4n) is 2.96. The highest BCUT2D eigenvalue weighted by molar-refractivity contribution is 7.99. The quantitative estimate of drug-likeness (QED) is 0.428. The summed E-state index contributed by atoms with van der Waals surface area (Å²) in [5, 5.41) is 15.6. The van der Waals surface area contributed by atoms with E-state index in [4.69, 9.17) is 0 Å². The summed E-state index contributed by atoms with van der Waals surface area (Å²) in [6.07, 6.45) is 0. The molecule has 31 heavy (non-hydrogen) atoms. The Morgan fingerprint density at radius 1 is 1.23 bits per heavy atom. The van der Waals surface area contributed by atoms with Crippen molar-refractivity contribution in [2.24, 2.45) is 7.05 Å². The fourth-order valence-corrected chi connectivity index (χ4v) is 5.62. The largest absolute Gasteiger partial charge is 0.344 e. The molecule has 0 atom stereocenters. The minimum atomic E-state index is -0.215. The zero-order chi connectivity index (χ0) is 22.1. The number of carbonyl (C=O) groups is 2. The number of hydrogen-bond acceptors (Lipinski definition) is 8. The molecule has 0 bridgehead atoms. The van der Waals surface area contributed by atoms with E-state index in [2.05, 4.69) is 38.0 Å². The number of hydrogen-bond donors (Lipinski definition) is 1. The monoisotopic (exact) mass is 472 g/mol. The van der Waals surface area contributed by atoms with Crippen LogP contribution in [0.15, 0.2) is 34.8 Å². The zero-order valence-corrected chi connectivity index (χ0v) is 19.8. The van der Waals surface area contributed by atoms with E-state index in [1.165, 1.54) is 32.7 Å². The molecule has 0 fully saturated rings. The van der Waals surface area contributed by atoms with Gasteiger partial charge in [0.1, 0.15) is 4.88 Å². The van der Waals surface area contributed by atoms with Crippen molar-refractivity contribution in [2.45, 2.75) is 12.1 Å². The molecule has 0 radical (unpaired) electrons. The first-order chi connectivity index (χ1) is 14.8. The van der Waals surface area contributed by atoms with E-state index < -0.39 is 0 Å². The number of benzene rings is 1. The number of fused-ring (bicyclic) bond motifs is 1. The van der Waals surface area contributed by atoms with Gasteiger partial charge in [-0.1, -0.05) is 41.3 Å². The van der Waals surface area contributed by atoms with Gasteiger partial charge in [0, 0.05) is 42.2 Å². The average molecular weight is 473 g/mol. The summed E-state index contributed by atoms with van der Waals surface area (Å²) < 4.78 is 3.09. The third-order valence-electron chi connectivity index (χ3n) is 4.53.